The molecule has 6 rings (SSSR count). The number of nitrogens with one attached hydrogen (secondary N) is 1. The zero-order chi connectivity index (χ0) is 20.2. The highest BCUT2D eigenvalue weighted by atomic mass is 32.1. The molecule has 0 spiro atoms. The average molecular weight is 413 g/mol. The molecule has 1 heterocycles. The van der Waals surface area contributed by atoms with Crippen molar-refractivity contribution in [3.63, 3.8) is 0 Å². The van der Waals surface area contributed by atoms with Crippen molar-refractivity contribution in [1.29, 1.82) is 5.26 Å². The van der Waals surface area contributed by atoms with Gasteiger partial charge in [0.2, 0.25) is 0 Å². The Balaban J connectivity index is 1.22. The quantitative estimate of drug-likeness (QED) is 0.742. The number of hydrogen-bond donors (Lipinski definition) is 1. The lowest BCUT2D eigenvalue weighted by molar-refractivity contribution is -0.172. The van der Waals surface area contributed by atoms with E-state index in [0.717, 1.165) is 44.1 Å². The summed E-state index contributed by atoms with van der Waals surface area (Å²) in [5.41, 5.74) is 1.35. The largest absolute Gasteiger partial charge is 0.455 e. The molecular formula is C23H28N2O3S. The van der Waals surface area contributed by atoms with E-state index in [1.54, 1.807) is 0 Å². The molecule has 0 radical (unpaired) electrons. The Labute approximate surface area is 175 Å². The van der Waals surface area contributed by atoms with Gasteiger partial charge in [-0.1, -0.05) is 6.92 Å². The van der Waals surface area contributed by atoms with Crippen LogP contribution in [0.4, 0.5) is 5.00 Å². The first-order valence-corrected chi connectivity index (χ1v) is 11.8. The summed E-state index contributed by atoms with van der Waals surface area (Å²) in [5, 5.41) is 13.0. The first-order valence-electron chi connectivity index (χ1n) is 11.0. The van der Waals surface area contributed by atoms with Gasteiger partial charge in [-0.25, -0.2) is 0 Å². The molecule has 4 bridgehead atoms. The van der Waals surface area contributed by atoms with Gasteiger partial charge in [0.05, 0.1) is 11.0 Å². The van der Waals surface area contributed by atoms with Crippen LogP contribution in [0.1, 0.15) is 67.9 Å². The summed E-state index contributed by atoms with van der Waals surface area (Å²) in [4.78, 5) is 26.6. The van der Waals surface area contributed by atoms with Crippen LogP contribution in [0.25, 0.3) is 0 Å². The normalized spacial score (nSPS) is 34.3. The number of thiophene rings is 1. The Bertz CT molecular complexity index is 861. The van der Waals surface area contributed by atoms with Gasteiger partial charge in [-0.3, -0.25) is 9.59 Å². The number of amides is 1. The third-order valence-electron chi connectivity index (χ3n) is 7.68. The molecular weight excluding hydrogens is 384 g/mol. The van der Waals surface area contributed by atoms with Gasteiger partial charge in [0.15, 0.2) is 6.61 Å². The minimum Gasteiger partial charge on any atom is -0.455 e. The second-order valence-corrected chi connectivity index (χ2v) is 11.1. The summed E-state index contributed by atoms with van der Waals surface area (Å²) in [6.07, 6.45) is 9.56. The topological polar surface area (TPSA) is 79.2 Å². The molecule has 154 valence electrons. The fraction of sp³-hybridized carbons (Fsp3) is 0.696. The number of carbonyl (C=O) groups is 2. The third-order valence-corrected chi connectivity index (χ3v) is 8.85. The fourth-order valence-corrected chi connectivity index (χ4v) is 8.14. The number of ether oxygens (including phenoxy) is 1. The number of rotatable bonds is 4. The van der Waals surface area contributed by atoms with E-state index >= 15 is 0 Å². The van der Waals surface area contributed by atoms with Crippen LogP contribution in [0.2, 0.25) is 0 Å². The number of anilines is 1. The SMILES string of the molecule is C[C@@H]1CCc2c(sc(NC(=O)COC(=O)C34CC5CC(CC(C5)C3)C4)c2C#N)C1. The summed E-state index contributed by atoms with van der Waals surface area (Å²) in [6.45, 7) is 1.96. The maximum absolute atomic E-state index is 12.9. The number of hydrogen-bond acceptors (Lipinski definition) is 5. The van der Waals surface area contributed by atoms with Crippen LogP contribution in [-0.2, 0) is 27.2 Å². The number of nitrogens with zero attached hydrogens (tertiary/aromatic N) is 1. The standard InChI is InChI=1S/C23H28N2O3S/c1-13-2-3-17-18(11-24)21(29-19(17)4-13)25-20(26)12-28-22(27)23-8-14-5-15(9-23)7-16(6-14)10-23/h13-16H,2-10,12H2,1H3,(H,25,26)/t13-,14?,15?,16?,23?/m1/s1. The molecule has 29 heavy (non-hydrogen) atoms. The van der Waals surface area contributed by atoms with Gasteiger partial charge in [0.1, 0.15) is 11.1 Å². The molecule has 1 aromatic heterocycles. The van der Waals surface area contributed by atoms with E-state index in [0.29, 0.717) is 34.2 Å². The van der Waals surface area contributed by atoms with Crippen molar-refractivity contribution >= 4 is 28.2 Å². The number of carbonyl (C=O) groups excluding carboxylic acids is 2. The van der Waals surface area contributed by atoms with Gasteiger partial charge in [-0.05, 0) is 87.0 Å². The monoisotopic (exact) mass is 412 g/mol. The third kappa shape index (κ3) is 3.38. The first kappa shape index (κ1) is 19.1. The van der Waals surface area contributed by atoms with Crippen molar-refractivity contribution in [1.82, 2.24) is 0 Å². The lowest BCUT2D eigenvalue weighted by atomic mass is 9.49. The van der Waals surface area contributed by atoms with E-state index in [9.17, 15) is 14.9 Å². The summed E-state index contributed by atoms with van der Waals surface area (Å²) in [6, 6.07) is 2.27. The van der Waals surface area contributed by atoms with Crippen molar-refractivity contribution in [2.75, 3.05) is 11.9 Å². The molecule has 1 N–H and O–H groups in total. The van der Waals surface area contributed by atoms with Crippen LogP contribution < -0.4 is 5.32 Å². The van der Waals surface area contributed by atoms with Crippen molar-refractivity contribution in [3.8, 4) is 6.07 Å². The molecule has 1 aromatic rings. The predicted molar refractivity (Wildman–Crippen MR) is 110 cm³/mol. The second kappa shape index (κ2) is 7.12. The maximum atomic E-state index is 12.9. The van der Waals surface area contributed by atoms with E-state index < -0.39 is 0 Å². The zero-order valence-electron chi connectivity index (χ0n) is 17.0. The zero-order valence-corrected chi connectivity index (χ0v) is 17.8. The molecule has 0 aliphatic heterocycles. The van der Waals surface area contributed by atoms with Crippen molar-refractivity contribution in [2.24, 2.45) is 29.1 Å². The Morgan fingerprint density at radius 1 is 1.21 bits per heavy atom. The van der Waals surface area contributed by atoms with Gasteiger partial charge >= 0.3 is 5.97 Å². The van der Waals surface area contributed by atoms with Gasteiger partial charge in [0, 0.05) is 4.88 Å². The van der Waals surface area contributed by atoms with Crippen molar-refractivity contribution in [2.45, 2.75) is 64.7 Å². The van der Waals surface area contributed by atoms with Gasteiger partial charge in [0.25, 0.3) is 5.91 Å². The van der Waals surface area contributed by atoms with Crippen molar-refractivity contribution in [3.05, 3.63) is 16.0 Å². The van der Waals surface area contributed by atoms with Crippen LogP contribution in [0.15, 0.2) is 0 Å². The highest BCUT2D eigenvalue weighted by Crippen LogP contribution is 2.60. The Hall–Kier alpha value is -1.87. The highest BCUT2D eigenvalue weighted by Gasteiger charge is 2.55. The fourth-order valence-electron chi connectivity index (χ4n) is 6.76. The molecule has 5 aliphatic rings. The average Bonchev–Trinajstić information content (AvgIpc) is 3.00. The van der Waals surface area contributed by atoms with Crippen LogP contribution in [0.5, 0.6) is 0 Å². The lowest BCUT2D eigenvalue weighted by Crippen LogP contribution is -2.50. The molecule has 1 atom stereocenters. The van der Waals surface area contributed by atoms with Gasteiger partial charge in [-0.15, -0.1) is 11.3 Å². The molecule has 1 amide bonds. The summed E-state index contributed by atoms with van der Waals surface area (Å²) in [5.74, 6) is 2.09. The minimum atomic E-state index is -0.342. The van der Waals surface area contributed by atoms with E-state index in [-0.39, 0.29) is 23.9 Å². The summed E-state index contributed by atoms with van der Waals surface area (Å²) < 4.78 is 5.52. The molecule has 5 aliphatic carbocycles. The molecule has 6 heteroatoms. The minimum absolute atomic E-state index is 0.174. The Morgan fingerprint density at radius 3 is 2.48 bits per heavy atom. The molecule has 0 aromatic carbocycles. The molecule has 0 saturated heterocycles. The van der Waals surface area contributed by atoms with Crippen molar-refractivity contribution < 1.29 is 14.3 Å². The van der Waals surface area contributed by atoms with Crippen LogP contribution in [-0.4, -0.2) is 18.5 Å². The van der Waals surface area contributed by atoms with E-state index in [2.05, 4.69) is 18.3 Å². The smallest absolute Gasteiger partial charge is 0.312 e. The maximum Gasteiger partial charge on any atom is 0.312 e. The summed E-state index contributed by atoms with van der Waals surface area (Å²) in [7, 11) is 0. The molecule has 4 fully saturated rings. The second-order valence-electron chi connectivity index (χ2n) is 9.99. The molecule has 4 saturated carbocycles. The number of fused-ring (bicyclic) bond motifs is 1. The Morgan fingerprint density at radius 2 is 1.86 bits per heavy atom. The van der Waals surface area contributed by atoms with E-state index in [4.69, 9.17) is 4.74 Å². The van der Waals surface area contributed by atoms with Crippen LogP contribution in [0.3, 0.4) is 0 Å². The number of esters is 1. The lowest BCUT2D eigenvalue weighted by Gasteiger charge is -2.55. The molecule has 5 nitrogen and oxygen atoms in total. The van der Waals surface area contributed by atoms with Crippen LogP contribution >= 0.6 is 11.3 Å². The molecule has 0 unspecified atom stereocenters. The predicted octanol–water partition coefficient (Wildman–Crippen LogP) is 4.44. The highest BCUT2D eigenvalue weighted by molar-refractivity contribution is 7.16. The van der Waals surface area contributed by atoms with Crippen LogP contribution in [0, 0.1) is 40.4 Å². The van der Waals surface area contributed by atoms with Gasteiger partial charge < -0.3 is 10.1 Å². The first-order chi connectivity index (χ1) is 14.0. The Kier molecular flexibility index (Phi) is 4.70. The van der Waals surface area contributed by atoms with E-state index in [1.165, 1.54) is 35.5 Å². The number of nitriles is 1. The van der Waals surface area contributed by atoms with E-state index in [1.807, 2.05) is 0 Å². The van der Waals surface area contributed by atoms with Gasteiger partial charge in [-0.2, -0.15) is 5.26 Å². The summed E-state index contributed by atoms with van der Waals surface area (Å²) >= 11 is 1.51.